The van der Waals surface area contributed by atoms with Crippen LogP contribution in [0.3, 0.4) is 0 Å². The molecule has 0 unspecified atom stereocenters. The van der Waals surface area contributed by atoms with Crippen LogP contribution in [0.2, 0.25) is 0 Å². The molecule has 1 heterocycles. The van der Waals surface area contributed by atoms with Gasteiger partial charge in [-0.2, -0.15) is 0 Å². The van der Waals surface area contributed by atoms with Gasteiger partial charge in [0.2, 0.25) is 5.91 Å². The van der Waals surface area contributed by atoms with E-state index in [9.17, 15) is 4.79 Å². The van der Waals surface area contributed by atoms with Gasteiger partial charge >= 0.3 is 0 Å². The van der Waals surface area contributed by atoms with Gasteiger partial charge in [-0.15, -0.1) is 0 Å². The Bertz CT molecular complexity index is 290. The number of β-lactam (4-membered cyclic amide) rings is 1. The summed E-state index contributed by atoms with van der Waals surface area (Å²) in [6.07, 6.45) is 24.8. The minimum atomic E-state index is 0.367. The smallest absolute Gasteiger partial charge is 0.224 e. The van der Waals surface area contributed by atoms with Crippen molar-refractivity contribution in [3.63, 3.8) is 0 Å². The van der Waals surface area contributed by atoms with Crippen molar-refractivity contribution in [2.45, 2.75) is 122 Å². The van der Waals surface area contributed by atoms with E-state index in [1.807, 2.05) is 4.90 Å². The van der Waals surface area contributed by atoms with Gasteiger partial charge in [-0.3, -0.25) is 4.79 Å². The van der Waals surface area contributed by atoms with E-state index >= 15 is 0 Å². The predicted octanol–water partition coefficient (Wildman–Crippen LogP) is 6.87. The minimum absolute atomic E-state index is 0.367. The fourth-order valence-electron chi connectivity index (χ4n) is 3.63. The number of nitrogens with zero attached hydrogens (tertiary/aromatic N) is 1. The summed E-state index contributed by atoms with van der Waals surface area (Å²) in [6, 6.07) is 0. The van der Waals surface area contributed by atoms with Crippen LogP contribution in [-0.4, -0.2) is 23.9 Å². The molecule has 0 radical (unpaired) electrons. The van der Waals surface area contributed by atoms with Crippen LogP contribution in [0.1, 0.15) is 122 Å². The third-order valence-electron chi connectivity index (χ3n) is 5.48. The minimum Gasteiger partial charge on any atom is -0.342 e. The van der Waals surface area contributed by atoms with Crippen LogP contribution in [0.25, 0.3) is 0 Å². The maximum Gasteiger partial charge on any atom is 0.224 e. The lowest BCUT2D eigenvalue weighted by atomic mass is 10.0. The Hall–Kier alpha value is -0.530. The summed E-state index contributed by atoms with van der Waals surface area (Å²) in [7, 11) is 0. The molecule has 0 aromatic heterocycles. The number of hydrogen-bond donors (Lipinski definition) is 0. The number of amides is 1. The van der Waals surface area contributed by atoms with Crippen molar-refractivity contribution in [2.75, 3.05) is 13.1 Å². The van der Waals surface area contributed by atoms with Crippen molar-refractivity contribution in [3.05, 3.63) is 0 Å². The van der Waals surface area contributed by atoms with Gasteiger partial charge in [0.15, 0.2) is 0 Å². The van der Waals surface area contributed by atoms with Gasteiger partial charge in [-0.1, -0.05) is 110 Å². The first kappa shape index (κ1) is 21.5. The maximum absolute atomic E-state index is 11.2. The molecule has 1 amide bonds. The molecule has 0 aliphatic carbocycles. The van der Waals surface area contributed by atoms with Gasteiger partial charge in [0.1, 0.15) is 0 Å². The van der Waals surface area contributed by atoms with Crippen LogP contribution in [-0.2, 0) is 4.79 Å². The fraction of sp³-hybridized carbons (Fsp3) is 0.955. The molecule has 1 rings (SSSR count). The summed E-state index contributed by atoms with van der Waals surface area (Å²) in [6.45, 7) is 4.31. The molecule has 142 valence electrons. The highest BCUT2D eigenvalue weighted by Gasteiger charge is 2.22. The number of likely N-dealkylation sites (tertiary alicyclic amines) is 1. The normalized spacial score (nSPS) is 14.2. The molecule has 0 saturated carbocycles. The molecular formula is C22H43NO. The molecule has 1 saturated heterocycles. The Morgan fingerprint density at radius 3 is 1.29 bits per heavy atom. The molecule has 24 heavy (non-hydrogen) atoms. The van der Waals surface area contributed by atoms with E-state index in [4.69, 9.17) is 0 Å². The monoisotopic (exact) mass is 337 g/mol. The maximum atomic E-state index is 11.2. The Labute approximate surface area is 151 Å². The zero-order valence-electron chi connectivity index (χ0n) is 16.5. The van der Waals surface area contributed by atoms with Crippen LogP contribution in [0.15, 0.2) is 0 Å². The molecule has 1 fully saturated rings. The predicted molar refractivity (Wildman–Crippen MR) is 105 cm³/mol. The fourth-order valence-corrected chi connectivity index (χ4v) is 3.63. The molecule has 1 aliphatic rings. The quantitative estimate of drug-likeness (QED) is 0.197. The van der Waals surface area contributed by atoms with E-state index in [-0.39, 0.29) is 0 Å². The largest absolute Gasteiger partial charge is 0.342 e. The number of carbonyl (C=O) groups excluding carboxylic acids is 1. The number of unbranched alkanes of at least 4 members (excludes halogenated alkanes) is 16. The van der Waals surface area contributed by atoms with E-state index in [1.165, 1.54) is 109 Å². The Morgan fingerprint density at radius 1 is 0.625 bits per heavy atom. The molecule has 0 N–H and O–H groups in total. The molecule has 0 atom stereocenters. The lowest BCUT2D eigenvalue weighted by molar-refractivity contribution is -0.139. The van der Waals surface area contributed by atoms with Gasteiger partial charge in [-0.05, 0) is 6.42 Å². The van der Waals surface area contributed by atoms with Crippen LogP contribution in [0.5, 0.6) is 0 Å². The van der Waals surface area contributed by atoms with Crippen LogP contribution >= 0.6 is 0 Å². The SMILES string of the molecule is CCCCCCCCCCCCCCCCCCCN1CCC1=O. The molecule has 0 bridgehead atoms. The Balaban J connectivity index is 1.64. The van der Waals surface area contributed by atoms with Crippen LogP contribution in [0.4, 0.5) is 0 Å². The summed E-state index contributed by atoms with van der Waals surface area (Å²) in [5.74, 6) is 0.367. The lowest BCUT2D eigenvalue weighted by Crippen LogP contribution is -2.43. The van der Waals surface area contributed by atoms with Crippen molar-refractivity contribution >= 4 is 5.91 Å². The second-order valence-corrected chi connectivity index (χ2v) is 7.79. The Morgan fingerprint density at radius 2 is 1.00 bits per heavy atom. The Kier molecular flexibility index (Phi) is 14.3. The zero-order valence-corrected chi connectivity index (χ0v) is 16.5. The van der Waals surface area contributed by atoms with Gasteiger partial charge < -0.3 is 4.90 Å². The first-order valence-corrected chi connectivity index (χ1v) is 11.1. The number of rotatable bonds is 18. The highest BCUT2D eigenvalue weighted by atomic mass is 16.2. The number of carbonyl (C=O) groups is 1. The van der Waals surface area contributed by atoms with Crippen LogP contribution in [0, 0.1) is 0 Å². The first-order chi connectivity index (χ1) is 11.8. The zero-order chi connectivity index (χ0) is 17.3. The second-order valence-electron chi connectivity index (χ2n) is 7.79. The van der Waals surface area contributed by atoms with E-state index < -0.39 is 0 Å². The third-order valence-corrected chi connectivity index (χ3v) is 5.48. The van der Waals surface area contributed by atoms with Gasteiger partial charge in [-0.25, -0.2) is 0 Å². The van der Waals surface area contributed by atoms with Gasteiger partial charge in [0.05, 0.1) is 0 Å². The highest BCUT2D eigenvalue weighted by Crippen LogP contribution is 2.15. The summed E-state index contributed by atoms with van der Waals surface area (Å²) in [4.78, 5) is 13.2. The van der Waals surface area contributed by atoms with E-state index in [0.29, 0.717) is 5.91 Å². The highest BCUT2D eigenvalue weighted by molar-refractivity contribution is 5.81. The summed E-state index contributed by atoms with van der Waals surface area (Å²) >= 11 is 0. The van der Waals surface area contributed by atoms with Crippen molar-refractivity contribution in [2.24, 2.45) is 0 Å². The standard InChI is InChI=1S/C22H43NO/c1-2-3-4-5-6-7-8-9-10-11-12-13-14-15-16-17-18-20-23-21-19-22(23)24/h2-21H2,1H3. The molecular weight excluding hydrogens is 294 g/mol. The molecule has 2 heteroatoms. The summed E-state index contributed by atoms with van der Waals surface area (Å²) < 4.78 is 0. The van der Waals surface area contributed by atoms with E-state index in [1.54, 1.807) is 0 Å². The average molecular weight is 338 g/mol. The third kappa shape index (κ3) is 11.9. The van der Waals surface area contributed by atoms with Gasteiger partial charge in [0.25, 0.3) is 0 Å². The van der Waals surface area contributed by atoms with Crippen molar-refractivity contribution in [1.29, 1.82) is 0 Å². The van der Waals surface area contributed by atoms with Crippen molar-refractivity contribution < 1.29 is 4.79 Å². The van der Waals surface area contributed by atoms with Crippen molar-refractivity contribution in [1.82, 2.24) is 4.90 Å². The first-order valence-electron chi connectivity index (χ1n) is 11.1. The van der Waals surface area contributed by atoms with E-state index in [0.717, 1.165) is 19.5 Å². The van der Waals surface area contributed by atoms with Crippen molar-refractivity contribution in [3.8, 4) is 0 Å². The average Bonchev–Trinajstić information content (AvgIpc) is 2.59. The lowest BCUT2D eigenvalue weighted by Gasteiger charge is -2.30. The number of hydrogen-bond acceptors (Lipinski definition) is 1. The topological polar surface area (TPSA) is 20.3 Å². The summed E-state index contributed by atoms with van der Waals surface area (Å²) in [5, 5.41) is 0. The molecule has 2 nitrogen and oxygen atoms in total. The molecule has 0 spiro atoms. The molecule has 0 aromatic rings. The summed E-state index contributed by atoms with van der Waals surface area (Å²) in [5.41, 5.74) is 0. The molecule has 0 aromatic carbocycles. The van der Waals surface area contributed by atoms with Gasteiger partial charge in [0, 0.05) is 19.5 Å². The van der Waals surface area contributed by atoms with Crippen LogP contribution < -0.4 is 0 Å². The second kappa shape index (κ2) is 16.0. The molecule has 1 aliphatic heterocycles. The van der Waals surface area contributed by atoms with E-state index in [2.05, 4.69) is 6.92 Å².